The van der Waals surface area contributed by atoms with Crippen molar-refractivity contribution in [1.29, 1.82) is 0 Å². The van der Waals surface area contributed by atoms with Gasteiger partial charge < -0.3 is 18.9 Å². The van der Waals surface area contributed by atoms with Crippen LogP contribution in [0.4, 0.5) is 13.2 Å². The Hall–Kier alpha value is -5.90. The molecule has 7 nitrogen and oxygen atoms in total. The van der Waals surface area contributed by atoms with E-state index in [0.717, 1.165) is 5.56 Å². The van der Waals surface area contributed by atoms with E-state index < -0.39 is 41.1 Å². The van der Waals surface area contributed by atoms with Gasteiger partial charge in [-0.15, -0.1) is 0 Å². The molecule has 0 spiro atoms. The van der Waals surface area contributed by atoms with Gasteiger partial charge in [0.2, 0.25) is 0 Å². The number of carbonyl (C=O) groups excluding carboxylic acids is 3. The molecule has 220 valence electrons. The van der Waals surface area contributed by atoms with Crippen LogP contribution < -0.4 is 18.9 Å². The Kier molecular flexibility index (Phi) is 9.00. The Morgan fingerprint density at radius 2 is 1.00 bits per heavy atom. The zero-order valence-electron chi connectivity index (χ0n) is 22.7. The van der Waals surface area contributed by atoms with Gasteiger partial charge in [0.05, 0.1) is 16.7 Å². The second-order valence-electron chi connectivity index (χ2n) is 9.22. The Morgan fingerprint density at radius 1 is 0.477 bits per heavy atom. The van der Waals surface area contributed by atoms with Crippen LogP contribution in [0, 0.1) is 17.5 Å². The molecular weight excluding hydrogens is 577 g/mol. The zero-order chi connectivity index (χ0) is 31.1. The lowest BCUT2D eigenvalue weighted by Gasteiger charge is -2.09. The molecule has 0 amide bonds. The van der Waals surface area contributed by atoms with Gasteiger partial charge in [0, 0.05) is 12.1 Å². The minimum atomic E-state index is -1.69. The summed E-state index contributed by atoms with van der Waals surface area (Å²) in [5, 5.41) is 0. The average Bonchev–Trinajstić information content (AvgIpc) is 3.03. The molecule has 0 heterocycles. The van der Waals surface area contributed by atoms with Gasteiger partial charge >= 0.3 is 17.9 Å². The highest BCUT2D eigenvalue weighted by molar-refractivity contribution is 5.94. The summed E-state index contributed by atoms with van der Waals surface area (Å²) in [4.78, 5) is 37.6. The van der Waals surface area contributed by atoms with Gasteiger partial charge in [0.15, 0.2) is 17.5 Å². The van der Waals surface area contributed by atoms with E-state index in [9.17, 15) is 27.6 Å². The molecule has 0 saturated carbocycles. The first-order chi connectivity index (χ1) is 21.2. The van der Waals surface area contributed by atoms with Crippen molar-refractivity contribution in [3.05, 3.63) is 155 Å². The number of ether oxygens (including phenoxy) is 4. The molecule has 0 aliphatic heterocycles. The van der Waals surface area contributed by atoms with E-state index in [1.165, 1.54) is 48.5 Å². The molecule has 0 aliphatic carbocycles. The summed E-state index contributed by atoms with van der Waals surface area (Å²) in [7, 11) is 0. The summed E-state index contributed by atoms with van der Waals surface area (Å²) < 4.78 is 61.3. The smallest absolute Gasteiger partial charge is 0.343 e. The predicted octanol–water partition coefficient (Wildman–Crippen LogP) is 7.34. The third kappa shape index (κ3) is 7.48. The van der Waals surface area contributed by atoms with E-state index in [-0.39, 0.29) is 22.6 Å². The highest BCUT2D eigenvalue weighted by Gasteiger charge is 2.17. The number of halogens is 3. The van der Waals surface area contributed by atoms with Crippen LogP contribution >= 0.6 is 0 Å². The first-order valence-corrected chi connectivity index (χ1v) is 13.0. The van der Waals surface area contributed by atoms with Gasteiger partial charge in [0.1, 0.15) is 29.6 Å². The Balaban J connectivity index is 1.15. The third-order valence-electron chi connectivity index (χ3n) is 6.09. The Labute approximate surface area is 249 Å². The molecule has 0 aliphatic rings. The molecule has 44 heavy (non-hydrogen) atoms. The lowest BCUT2D eigenvalue weighted by Crippen LogP contribution is -2.12. The Morgan fingerprint density at radius 3 is 1.61 bits per heavy atom. The van der Waals surface area contributed by atoms with Gasteiger partial charge in [-0.2, -0.15) is 0 Å². The van der Waals surface area contributed by atoms with Crippen molar-refractivity contribution >= 4 is 17.9 Å². The maximum Gasteiger partial charge on any atom is 0.343 e. The molecule has 0 unspecified atom stereocenters. The lowest BCUT2D eigenvalue weighted by atomic mass is 10.2. The summed E-state index contributed by atoms with van der Waals surface area (Å²) in [6, 6.07) is 28.1. The molecular formula is C34H21F3O7. The maximum absolute atomic E-state index is 13.4. The molecule has 0 N–H and O–H groups in total. The highest BCUT2D eigenvalue weighted by Crippen LogP contribution is 2.23. The van der Waals surface area contributed by atoms with E-state index >= 15 is 0 Å². The van der Waals surface area contributed by atoms with Crippen LogP contribution in [0.25, 0.3) is 0 Å². The van der Waals surface area contributed by atoms with E-state index in [0.29, 0.717) is 30.1 Å². The van der Waals surface area contributed by atoms with Crippen molar-refractivity contribution in [3.63, 3.8) is 0 Å². The van der Waals surface area contributed by atoms with Crippen LogP contribution in [0.2, 0.25) is 0 Å². The lowest BCUT2D eigenvalue weighted by molar-refractivity contribution is 0.0713. The normalized spacial score (nSPS) is 10.5. The summed E-state index contributed by atoms with van der Waals surface area (Å²) >= 11 is 0. The molecule has 0 radical (unpaired) electrons. The number of carbonyl (C=O) groups is 3. The Bertz CT molecular complexity index is 1780. The first-order valence-electron chi connectivity index (χ1n) is 13.0. The largest absolute Gasteiger partial charge is 0.489 e. The van der Waals surface area contributed by atoms with Crippen LogP contribution in [0.5, 0.6) is 23.0 Å². The second-order valence-corrected chi connectivity index (χ2v) is 9.22. The number of hydrogen-bond acceptors (Lipinski definition) is 7. The third-order valence-corrected chi connectivity index (χ3v) is 6.09. The molecule has 0 saturated heterocycles. The van der Waals surface area contributed by atoms with Gasteiger partial charge in [-0.25, -0.2) is 27.6 Å². The van der Waals surface area contributed by atoms with Gasteiger partial charge in [-0.05, 0) is 72.3 Å². The van der Waals surface area contributed by atoms with Crippen LogP contribution in [0.15, 0.2) is 115 Å². The quantitative estimate of drug-likeness (QED) is 0.0997. The fourth-order valence-electron chi connectivity index (χ4n) is 3.86. The molecule has 0 fully saturated rings. The van der Waals surface area contributed by atoms with Gasteiger partial charge in [-0.1, -0.05) is 36.4 Å². The first kappa shape index (κ1) is 29.6. The fraction of sp³-hybridized carbons (Fsp3) is 0.0294. The topological polar surface area (TPSA) is 88.1 Å². The second kappa shape index (κ2) is 13.4. The highest BCUT2D eigenvalue weighted by atomic mass is 19.2. The van der Waals surface area contributed by atoms with Crippen molar-refractivity contribution in [2.75, 3.05) is 0 Å². The molecule has 5 rings (SSSR count). The monoisotopic (exact) mass is 598 g/mol. The van der Waals surface area contributed by atoms with Crippen LogP contribution in [0.1, 0.15) is 36.6 Å². The summed E-state index contributed by atoms with van der Waals surface area (Å²) in [5.41, 5.74) is 1.33. The summed E-state index contributed by atoms with van der Waals surface area (Å²) in [5.74, 6) is -6.91. The van der Waals surface area contributed by atoms with Crippen molar-refractivity contribution in [3.8, 4) is 23.0 Å². The minimum absolute atomic E-state index is 0.0207. The SMILES string of the molecule is O=C(Oc1ccc(C(=O)Oc2cccc(C(=O)Oc3cc(F)c(F)c(F)c3)c2)cc1)c1ccc(OCc2ccccc2)cc1. The van der Waals surface area contributed by atoms with E-state index in [2.05, 4.69) is 0 Å². The fourth-order valence-corrected chi connectivity index (χ4v) is 3.86. The molecule has 0 aromatic heterocycles. The van der Waals surface area contributed by atoms with E-state index in [4.69, 9.17) is 18.9 Å². The molecule has 10 heteroatoms. The standard InChI is InChI=1S/C34H21F3O7/c35-29-18-28(19-30(36)31(29)37)44-34(40)24-7-4-8-27(17-24)43-33(39)23-11-15-26(16-12-23)42-32(38)22-9-13-25(14-10-22)41-20-21-5-2-1-3-6-21/h1-19H,20H2. The number of hydrogen-bond donors (Lipinski definition) is 0. The van der Waals surface area contributed by atoms with E-state index in [1.807, 2.05) is 30.3 Å². The van der Waals surface area contributed by atoms with Crippen molar-refractivity contribution in [2.24, 2.45) is 0 Å². The molecule has 0 atom stereocenters. The molecule has 5 aromatic carbocycles. The zero-order valence-corrected chi connectivity index (χ0v) is 22.7. The van der Waals surface area contributed by atoms with E-state index in [1.54, 1.807) is 24.3 Å². The number of benzene rings is 5. The molecule has 5 aromatic rings. The molecule has 0 bridgehead atoms. The summed E-state index contributed by atoms with van der Waals surface area (Å²) in [6.07, 6.45) is 0. The van der Waals surface area contributed by atoms with Crippen molar-refractivity contribution < 1.29 is 46.5 Å². The van der Waals surface area contributed by atoms with Crippen LogP contribution in [-0.2, 0) is 6.61 Å². The summed E-state index contributed by atoms with van der Waals surface area (Å²) in [6.45, 7) is 0.388. The van der Waals surface area contributed by atoms with Crippen LogP contribution in [-0.4, -0.2) is 17.9 Å². The maximum atomic E-state index is 13.4. The van der Waals surface area contributed by atoms with Crippen molar-refractivity contribution in [2.45, 2.75) is 6.61 Å². The van der Waals surface area contributed by atoms with Crippen LogP contribution in [0.3, 0.4) is 0 Å². The van der Waals surface area contributed by atoms with Gasteiger partial charge in [-0.3, -0.25) is 0 Å². The number of rotatable bonds is 9. The predicted molar refractivity (Wildman–Crippen MR) is 151 cm³/mol. The number of esters is 3. The average molecular weight is 599 g/mol. The van der Waals surface area contributed by atoms with Crippen molar-refractivity contribution in [1.82, 2.24) is 0 Å². The van der Waals surface area contributed by atoms with Gasteiger partial charge in [0.25, 0.3) is 0 Å². The minimum Gasteiger partial charge on any atom is -0.489 e.